The van der Waals surface area contributed by atoms with Crippen LogP contribution in [0, 0.1) is 0 Å². The maximum atomic E-state index is 6.92. The van der Waals surface area contributed by atoms with Gasteiger partial charge in [-0.05, 0) is 37.9 Å². The van der Waals surface area contributed by atoms with Crippen molar-refractivity contribution in [1.29, 1.82) is 0 Å². The number of nitrogens with zero attached hydrogens (tertiary/aromatic N) is 5. The van der Waals surface area contributed by atoms with Gasteiger partial charge in [-0.2, -0.15) is 5.10 Å². The third kappa shape index (κ3) is 3.68. The first-order chi connectivity index (χ1) is 14.3. The summed E-state index contributed by atoms with van der Waals surface area (Å²) in [6, 6.07) is 9.97. The van der Waals surface area contributed by atoms with Gasteiger partial charge in [0.1, 0.15) is 5.69 Å². The maximum absolute atomic E-state index is 6.92. The van der Waals surface area contributed by atoms with Crippen molar-refractivity contribution in [2.45, 2.75) is 25.8 Å². The fraction of sp³-hybridized carbons (Fsp3) is 0.409. The van der Waals surface area contributed by atoms with Gasteiger partial charge in [0.15, 0.2) is 5.65 Å². The molecule has 2 aliphatic rings. The number of benzene rings is 1. The van der Waals surface area contributed by atoms with Gasteiger partial charge in [0, 0.05) is 12.1 Å². The molecule has 0 unspecified atom stereocenters. The maximum Gasteiger partial charge on any atom is 0.182 e. The third-order valence-electron chi connectivity index (χ3n) is 5.74. The lowest BCUT2D eigenvalue weighted by Crippen LogP contribution is -2.24. The summed E-state index contributed by atoms with van der Waals surface area (Å²) in [6.07, 6.45) is 5.50. The molecule has 1 saturated heterocycles. The lowest BCUT2D eigenvalue weighted by atomic mass is 10.0. The molecule has 5 rings (SSSR count). The van der Waals surface area contributed by atoms with Crippen LogP contribution in [-0.2, 0) is 11.3 Å². The van der Waals surface area contributed by atoms with E-state index in [2.05, 4.69) is 21.2 Å². The highest BCUT2D eigenvalue weighted by molar-refractivity contribution is 6.38. The summed E-state index contributed by atoms with van der Waals surface area (Å²) in [4.78, 5) is 2.48. The van der Waals surface area contributed by atoms with Crippen LogP contribution in [0.4, 0.5) is 0 Å². The molecular weight excluding hydrogens is 386 g/mol. The van der Waals surface area contributed by atoms with Crippen molar-refractivity contribution in [3.63, 3.8) is 0 Å². The first-order valence-corrected chi connectivity index (χ1v) is 10.7. The number of rotatable bonds is 5. The van der Waals surface area contributed by atoms with Crippen molar-refractivity contribution in [2.24, 2.45) is 0 Å². The number of hydrogen-bond acceptors (Lipinski definition) is 5. The zero-order valence-corrected chi connectivity index (χ0v) is 17.1. The van der Waals surface area contributed by atoms with Gasteiger partial charge in [-0.1, -0.05) is 48.0 Å². The van der Waals surface area contributed by atoms with Crippen LogP contribution in [0.1, 0.15) is 25.0 Å². The van der Waals surface area contributed by atoms with Crippen LogP contribution < -0.4 is 0 Å². The fourth-order valence-corrected chi connectivity index (χ4v) is 4.48. The lowest BCUT2D eigenvalue weighted by Gasteiger charge is -2.14. The van der Waals surface area contributed by atoms with E-state index in [1.807, 2.05) is 35.0 Å². The minimum Gasteiger partial charge on any atom is -0.377 e. The van der Waals surface area contributed by atoms with E-state index in [0.717, 1.165) is 41.8 Å². The molecule has 0 spiro atoms. The molecule has 1 fully saturated rings. The molecule has 0 N–H and O–H groups in total. The Bertz CT molecular complexity index is 1040. The quantitative estimate of drug-likeness (QED) is 0.636. The van der Waals surface area contributed by atoms with Crippen molar-refractivity contribution in [1.82, 2.24) is 24.9 Å². The van der Waals surface area contributed by atoms with E-state index >= 15 is 0 Å². The van der Waals surface area contributed by atoms with Crippen molar-refractivity contribution in [3.8, 4) is 11.3 Å². The number of fused-ring (bicyclic) bond motifs is 1. The average Bonchev–Trinajstić information content (AvgIpc) is 3.42. The minimum absolute atomic E-state index is 0.610. The number of halogens is 1. The van der Waals surface area contributed by atoms with E-state index in [0.29, 0.717) is 23.9 Å². The van der Waals surface area contributed by atoms with Crippen molar-refractivity contribution in [2.75, 3.05) is 32.8 Å². The van der Waals surface area contributed by atoms with Crippen LogP contribution in [0.2, 0.25) is 5.02 Å². The van der Waals surface area contributed by atoms with Gasteiger partial charge in [-0.15, -0.1) is 10.2 Å². The molecule has 0 atom stereocenters. The molecule has 0 saturated carbocycles. The fourth-order valence-electron chi connectivity index (χ4n) is 4.16. The summed E-state index contributed by atoms with van der Waals surface area (Å²) >= 11 is 6.92. The van der Waals surface area contributed by atoms with Crippen LogP contribution in [0.25, 0.3) is 27.9 Å². The van der Waals surface area contributed by atoms with Crippen LogP contribution in [-0.4, -0.2) is 57.7 Å². The molecule has 4 heterocycles. The van der Waals surface area contributed by atoms with Gasteiger partial charge in [-0.3, -0.25) is 0 Å². The number of hydrogen-bond donors (Lipinski definition) is 0. The Morgan fingerprint density at radius 3 is 2.59 bits per heavy atom. The molecule has 150 valence electrons. The highest BCUT2D eigenvalue weighted by Gasteiger charge is 2.23. The summed E-state index contributed by atoms with van der Waals surface area (Å²) in [7, 11) is 0. The normalized spacial score (nSPS) is 17.8. The monoisotopic (exact) mass is 409 g/mol. The van der Waals surface area contributed by atoms with Gasteiger partial charge in [0.05, 0.1) is 35.9 Å². The van der Waals surface area contributed by atoms with Gasteiger partial charge >= 0.3 is 0 Å². The van der Waals surface area contributed by atoms with Crippen LogP contribution in [0.15, 0.2) is 36.4 Å². The Labute approximate surface area is 175 Å². The standard InChI is InChI=1S/C22H24ClN5O/c23-19-18-20(17-8-14-29-15-9-17)26-28(13-12-27-10-4-5-11-27)22(18)25-24-21(19)16-6-2-1-3-7-16/h1-3,6-8H,4-5,9-15H2. The molecule has 7 heteroatoms. The van der Waals surface area contributed by atoms with E-state index in [1.54, 1.807) is 0 Å². The van der Waals surface area contributed by atoms with Gasteiger partial charge < -0.3 is 9.64 Å². The zero-order valence-electron chi connectivity index (χ0n) is 16.4. The van der Waals surface area contributed by atoms with E-state index in [9.17, 15) is 0 Å². The van der Waals surface area contributed by atoms with Crippen molar-refractivity contribution < 1.29 is 4.74 Å². The molecule has 0 radical (unpaired) electrons. The Morgan fingerprint density at radius 1 is 1.00 bits per heavy atom. The second kappa shape index (κ2) is 8.22. The largest absolute Gasteiger partial charge is 0.377 e. The van der Waals surface area contributed by atoms with Gasteiger partial charge in [0.2, 0.25) is 0 Å². The van der Waals surface area contributed by atoms with Gasteiger partial charge in [0.25, 0.3) is 0 Å². The zero-order chi connectivity index (χ0) is 19.6. The molecule has 0 amide bonds. The minimum atomic E-state index is 0.610. The Kier molecular flexibility index (Phi) is 5.31. The van der Waals surface area contributed by atoms with Crippen molar-refractivity contribution in [3.05, 3.63) is 47.1 Å². The first kappa shape index (κ1) is 18.7. The van der Waals surface area contributed by atoms with Crippen LogP contribution in [0.3, 0.4) is 0 Å². The molecule has 6 nitrogen and oxygen atoms in total. The Balaban J connectivity index is 1.60. The van der Waals surface area contributed by atoms with Crippen LogP contribution in [0.5, 0.6) is 0 Å². The van der Waals surface area contributed by atoms with Crippen molar-refractivity contribution >= 4 is 28.2 Å². The molecule has 2 aliphatic heterocycles. The van der Waals surface area contributed by atoms with E-state index < -0.39 is 0 Å². The average molecular weight is 410 g/mol. The molecule has 3 aromatic rings. The van der Waals surface area contributed by atoms with Gasteiger partial charge in [-0.25, -0.2) is 4.68 Å². The molecule has 0 aliphatic carbocycles. The van der Waals surface area contributed by atoms with E-state index in [1.165, 1.54) is 31.5 Å². The SMILES string of the molecule is Clc1c(-c2ccccc2)nnc2c1c(C1=CCOCC1)nn2CCN1CCCC1. The lowest BCUT2D eigenvalue weighted by molar-refractivity contribution is 0.161. The molecule has 1 aromatic carbocycles. The molecular formula is C22H24ClN5O. The number of ether oxygens (including phenoxy) is 1. The second-order valence-corrected chi connectivity index (χ2v) is 7.98. The summed E-state index contributed by atoms with van der Waals surface area (Å²) in [5.41, 5.74) is 4.52. The predicted octanol–water partition coefficient (Wildman–Crippen LogP) is 4.05. The predicted molar refractivity (Wildman–Crippen MR) is 115 cm³/mol. The van der Waals surface area contributed by atoms with Crippen LogP contribution >= 0.6 is 11.6 Å². The summed E-state index contributed by atoms with van der Waals surface area (Å²) in [6.45, 7) is 5.40. The summed E-state index contributed by atoms with van der Waals surface area (Å²) in [5, 5.41) is 15.5. The Hall–Kier alpha value is -2.28. The first-order valence-electron chi connectivity index (χ1n) is 10.3. The smallest absolute Gasteiger partial charge is 0.182 e. The topological polar surface area (TPSA) is 56.1 Å². The number of likely N-dealkylation sites (tertiary alicyclic amines) is 1. The second-order valence-electron chi connectivity index (χ2n) is 7.60. The third-order valence-corrected chi connectivity index (χ3v) is 6.11. The molecule has 2 aromatic heterocycles. The highest BCUT2D eigenvalue weighted by Crippen LogP contribution is 2.36. The Morgan fingerprint density at radius 2 is 1.83 bits per heavy atom. The molecule has 29 heavy (non-hydrogen) atoms. The number of aromatic nitrogens is 4. The highest BCUT2D eigenvalue weighted by atomic mass is 35.5. The summed E-state index contributed by atoms with van der Waals surface area (Å²) in [5.74, 6) is 0. The van der Waals surface area contributed by atoms with E-state index in [4.69, 9.17) is 21.4 Å². The summed E-state index contributed by atoms with van der Waals surface area (Å²) < 4.78 is 7.48. The molecule has 0 bridgehead atoms. The van der Waals surface area contributed by atoms with E-state index in [-0.39, 0.29) is 0 Å².